The molecule has 92 valence electrons. The molecule has 0 aliphatic carbocycles. The van der Waals surface area contributed by atoms with Crippen LogP contribution >= 0.6 is 22.9 Å². The van der Waals surface area contributed by atoms with Crippen molar-refractivity contribution in [1.29, 1.82) is 0 Å². The van der Waals surface area contributed by atoms with Crippen LogP contribution in [0, 0.1) is 0 Å². The number of hydrogen-bond donors (Lipinski definition) is 0. The summed E-state index contributed by atoms with van der Waals surface area (Å²) in [6, 6.07) is 0. The number of aromatic nitrogens is 5. The molecular weight excluding hydrogens is 270 g/mol. The van der Waals surface area contributed by atoms with Gasteiger partial charge in [-0.15, -0.1) is 16.4 Å². The zero-order valence-electron chi connectivity index (χ0n) is 9.67. The summed E-state index contributed by atoms with van der Waals surface area (Å²) in [6.45, 7) is 2.10. The van der Waals surface area contributed by atoms with E-state index in [0.717, 1.165) is 29.1 Å². The van der Waals surface area contributed by atoms with Crippen LogP contribution in [0.15, 0.2) is 17.9 Å². The zero-order chi connectivity index (χ0) is 12.5. The molecule has 0 unspecified atom stereocenters. The molecule has 18 heavy (non-hydrogen) atoms. The molecule has 0 amide bonds. The van der Waals surface area contributed by atoms with Gasteiger partial charge < -0.3 is 0 Å². The van der Waals surface area contributed by atoms with Crippen LogP contribution in [0.4, 0.5) is 0 Å². The van der Waals surface area contributed by atoms with Gasteiger partial charge in [-0.25, -0.2) is 14.5 Å². The fraction of sp³-hybridized carbons (Fsp3) is 0.273. The molecule has 0 aromatic carbocycles. The van der Waals surface area contributed by atoms with Crippen molar-refractivity contribution in [1.82, 2.24) is 24.6 Å². The Bertz CT molecular complexity index is 690. The predicted molar refractivity (Wildman–Crippen MR) is 70.9 cm³/mol. The molecule has 3 rings (SSSR count). The first-order valence-electron chi connectivity index (χ1n) is 5.58. The van der Waals surface area contributed by atoms with E-state index >= 15 is 0 Å². The molecule has 3 heterocycles. The molecule has 3 aromatic rings. The Morgan fingerprint density at radius 2 is 2.28 bits per heavy atom. The van der Waals surface area contributed by atoms with E-state index in [9.17, 15) is 0 Å². The van der Waals surface area contributed by atoms with Gasteiger partial charge in [-0.2, -0.15) is 4.98 Å². The number of thiazole rings is 1. The molecule has 0 bridgehead atoms. The Labute approximate surface area is 112 Å². The molecule has 0 aliphatic heterocycles. The number of rotatable bonds is 3. The summed E-state index contributed by atoms with van der Waals surface area (Å²) >= 11 is 7.49. The Morgan fingerprint density at radius 1 is 1.39 bits per heavy atom. The standard InChI is InChI=1S/C11H10ClN5S/c1-2-3-8-15-11-13-4-7(5-17(11)16-8)9-10(12)14-6-18-9/h4-6H,2-3H2,1H3. The summed E-state index contributed by atoms with van der Waals surface area (Å²) in [5.74, 6) is 1.43. The second kappa shape index (κ2) is 4.62. The maximum atomic E-state index is 6.01. The van der Waals surface area contributed by atoms with Crippen molar-refractivity contribution < 1.29 is 0 Å². The molecule has 0 N–H and O–H groups in total. The molecule has 0 atom stereocenters. The Hall–Kier alpha value is -1.53. The Balaban J connectivity index is 2.08. The summed E-state index contributed by atoms with van der Waals surface area (Å²) in [4.78, 5) is 13.6. The predicted octanol–water partition coefficient (Wildman–Crippen LogP) is 2.85. The van der Waals surface area contributed by atoms with E-state index in [1.807, 2.05) is 6.20 Å². The van der Waals surface area contributed by atoms with Crippen LogP contribution in [0.5, 0.6) is 0 Å². The zero-order valence-corrected chi connectivity index (χ0v) is 11.2. The van der Waals surface area contributed by atoms with Gasteiger partial charge in [0.05, 0.1) is 10.4 Å². The molecule has 0 fully saturated rings. The van der Waals surface area contributed by atoms with Crippen molar-refractivity contribution in [3.8, 4) is 10.4 Å². The quantitative estimate of drug-likeness (QED) is 0.740. The third kappa shape index (κ3) is 1.97. The monoisotopic (exact) mass is 279 g/mol. The average Bonchev–Trinajstić information content (AvgIpc) is 2.94. The molecule has 0 spiro atoms. The second-order valence-electron chi connectivity index (χ2n) is 3.84. The smallest absolute Gasteiger partial charge is 0.232 e. The van der Waals surface area contributed by atoms with Crippen LogP contribution in [-0.4, -0.2) is 24.6 Å². The SMILES string of the molecule is CCCc1nc2ncc(-c3scnc3Cl)cn2n1. The van der Waals surface area contributed by atoms with E-state index in [-0.39, 0.29) is 0 Å². The van der Waals surface area contributed by atoms with Crippen LogP contribution in [0.2, 0.25) is 5.15 Å². The number of hydrogen-bond acceptors (Lipinski definition) is 5. The van der Waals surface area contributed by atoms with E-state index < -0.39 is 0 Å². The molecular formula is C11H10ClN5S. The van der Waals surface area contributed by atoms with Crippen molar-refractivity contribution in [2.45, 2.75) is 19.8 Å². The highest BCUT2D eigenvalue weighted by molar-refractivity contribution is 7.13. The summed E-state index contributed by atoms with van der Waals surface area (Å²) in [6.07, 6.45) is 5.51. The highest BCUT2D eigenvalue weighted by atomic mass is 35.5. The third-order valence-corrected chi connectivity index (χ3v) is 3.77. The van der Waals surface area contributed by atoms with Crippen LogP contribution < -0.4 is 0 Å². The summed E-state index contributed by atoms with van der Waals surface area (Å²) in [5.41, 5.74) is 2.62. The fourth-order valence-corrected chi connectivity index (χ4v) is 2.70. The normalized spacial score (nSPS) is 11.2. The first kappa shape index (κ1) is 11.6. The first-order chi connectivity index (χ1) is 8.78. The fourth-order valence-electron chi connectivity index (χ4n) is 1.69. The lowest BCUT2D eigenvalue weighted by molar-refractivity contribution is 0.818. The van der Waals surface area contributed by atoms with Gasteiger partial charge in [0.1, 0.15) is 5.15 Å². The van der Waals surface area contributed by atoms with Crippen molar-refractivity contribution in [3.05, 3.63) is 28.9 Å². The van der Waals surface area contributed by atoms with Gasteiger partial charge in [0.15, 0.2) is 5.82 Å². The molecule has 0 saturated heterocycles. The van der Waals surface area contributed by atoms with Gasteiger partial charge in [-0.05, 0) is 6.42 Å². The van der Waals surface area contributed by atoms with Crippen molar-refractivity contribution in [2.24, 2.45) is 0 Å². The Kier molecular flexibility index (Phi) is 2.97. The Morgan fingerprint density at radius 3 is 3.00 bits per heavy atom. The molecule has 7 heteroatoms. The van der Waals surface area contributed by atoms with E-state index in [1.54, 1.807) is 16.2 Å². The minimum atomic E-state index is 0.495. The van der Waals surface area contributed by atoms with Crippen LogP contribution in [0.25, 0.3) is 16.2 Å². The number of aryl methyl sites for hydroxylation is 1. The summed E-state index contributed by atoms with van der Waals surface area (Å²) < 4.78 is 1.69. The molecule has 3 aromatic heterocycles. The van der Waals surface area contributed by atoms with Gasteiger partial charge in [-0.3, -0.25) is 0 Å². The second-order valence-corrected chi connectivity index (χ2v) is 5.05. The van der Waals surface area contributed by atoms with Crippen LogP contribution in [0.1, 0.15) is 19.2 Å². The van der Waals surface area contributed by atoms with Gasteiger partial charge >= 0.3 is 0 Å². The molecule has 0 radical (unpaired) electrons. The van der Waals surface area contributed by atoms with E-state index in [2.05, 4.69) is 27.0 Å². The minimum absolute atomic E-state index is 0.495. The highest BCUT2D eigenvalue weighted by Crippen LogP contribution is 2.30. The van der Waals surface area contributed by atoms with Gasteiger partial charge in [-0.1, -0.05) is 18.5 Å². The van der Waals surface area contributed by atoms with Crippen molar-refractivity contribution in [3.63, 3.8) is 0 Å². The third-order valence-electron chi connectivity index (χ3n) is 2.50. The molecule has 0 saturated carbocycles. The molecule has 0 aliphatic rings. The lowest BCUT2D eigenvalue weighted by atomic mass is 10.3. The van der Waals surface area contributed by atoms with Gasteiger partial charge in [0, 0.05) is 24.4 Å². The topological polar surface area (TPSA) is 56.0 Å². The largest absolute Gasteiger partial charge is 0.252 e. The maximum Gasteiger partial charge on any atom is 0.252 e. The first-order valence-corrected chi connectivity index (χ1v) is 6.84. The lowest BCUT2D eigenvalue weighted by Gasteiger charge is -1.97. The summed E-state index contributed by atoms with van der Waals surface area (Å²) in [7, 11) is 0. The van der Waals surface area contributed by atoms with E-state index in [4.69, 9.17) is 11.6 Å². The lowest BCUT2D eigenvalue weighted by Crippen LogP contribution is -1.91. The van der Waals surface area contributed by atoms with Crippen molar-refractivity contribution in [2.75, 3.05) is 0 Å². The van der Waals surface area contributed by atoms with Gasteiger partial charge in [0.2, 0.25) is 0 Å². The minimum Gasteiger partial charge on any atom is -0.232 e. The van der Waals surface area contributed by atoms with Gasteiger partial charge in [0.25, 0.3) is 5.78 Å². The number of fused-ring (bicyclic) bond motifs is 1. The summed E-state index contributed by atoms with van der Waals surface area (Å²) in [5, 5.41) is 4.88. The molecule has 5 nitrogen and oxygen atoms in total. The van der Waals surface area contributed by atoms with Crippen molar-refractivity contribution >= 4 is 28.7 Å². The maximum absolute atomic E-state index is 6.01. The highest BCUT2D eigenvalue weighted by Gasteiger charge is 2.10. The average molecular weight is 280 g/mol. The number of halogens is 1. The van der Waals surface area contributed by atoms with E-state index in [0.29, 0.717) is 10.9 Å². The van der Waals surface area contributed by atoms with Crippen LogP contribution in [-0.2, 0) is 6.42 Å². The number of nitrogens with zero attached hydrogens (tertiary/aromatic N) is 5. The van der Waals surface area contributed by atoms with E-state index in [1.165, 1.54) is 11.3 Å². The van der Waals surface area contributed by atoms with Crippen LogP contribution in [0.3, 0.4) is 0 Å².